The molecule has 0 fully saturated rings. The fraction of sp³-hybridized carbons (Fsp3) is 0.253. The third-order valence-electron chi connectivity index (χ3n) is 19.4. The molecular weight excluding hydrogens is 1520 g/mol. The molecule has 0 aliphatic carbocycles. The molecule has 0 aliphatic rings. The van der Waals surface area contributed by atoms with Crippen molar-refractivity contribution in [2.24, 2.45) is 0 Å². The summed E-state index contributed by atoms with van der Waals surface area (Å²) in [7, 11) is 6.76. The molecule has 4 amide bonds. The van der Waals surface area contributed by atoms with Gasteiger partial charge < -0.3 is 25.3 Å². The first-order valence-corrected chi connectivity index (χ1v) is 38.6. The average molecular weight is 1610 g/mol. The Hall–Kier alpha value is -14.1. The number of anilines is 5. The van der Waals surface area contributed by atoms with E-state index < -0.39 is 17.8 Å². The number of nitrogens with two attached hydrogens (primary N) is 1. The number of halogens is 3. The molecule has 0 atom stereocenters. The number of aromatic nitrogens is 12. The maximum atomic E-state index is 13.6. The van der Waals surface area contributed by atoms with Crippen molar-refractivity contribution in [1.82, 2.24) is 59.8 Å². The second-order valence-corrected chi connectivity index (χ2v) is 27.5. The SMILES string of the molecule is CCC(=O)N(C)c1cnc(-c2ccc(C(=O)CCc3ccc(C)nc3C)cc2)nc1.CCC(=O)N(C)c1cnc(-c2ccc(C(=O)CCc3ccc(F)nc3C)cc2)nc1.CCC(=O)N(C)c1cnc(-c2ccc(C(=O)CCc3ccc(F)nc3F)cc2)nc1.CCC(=O)N(C)c1cnc(-c2ccc(C(=O)CCc3ccc(N)nc3)cc2)nc1. The molecule has 8 heterocycles. The Balaban J connectivity index is 0.000000181. The van der Waals surface area contributed by atoms with Gasteiger partial charge in [0.25, 0.3) is 0 Å². The summed E-state index contributed by atoms with van der Waals surface area (Å²) >= 11 is 0. The number of aryl methyl sites for hydroxylation is 7. The number of pyridine rings is 4. The Morgan fingerprint density at radius 3 is 0.866 bits per heavy atom. The zero-order chi connectivity index (χ0) is 85.8. The summed E-state index contributed by atoms with van der Waals surface area (Å²) in [5, 5.41) is 0. The highest BCUT2D eigenvalue weighted by Gasteiger charge is 2.19. The molecule has 0 aliphatic heterocycles. The molecule has 28 heteroatoms. The van der Waals surface area contributed by atoms with Gasteiger partial charge in [0, 0.05) is 153 Å². The third kappa shape index (κ3) is 25.2. The highest BCUT2D eigenvalue weighted by molar-refractivity contribution is 5.99. The van der Waals surface area contributed by atoms with Crippen LogP contribution >= 0.6 is 0 Å². The van der Waals surface area contributed by atoms with E-state index in [2.05, 4.69) is 59.8 Å². The van der Waals surface area contributed by atoms with Gasteiger partial charge in [0.2, 0.25) is 41.5 Å². The van der Waals surface area contributed by atoms with Gasteiger partial charge >= 0.3 is 0 Å². The molecule has 0 bridgehead atoms. The van der Waals surface area contributed by atoms with Gasteiger partial charge in [-0.3, -0.25) is 43.3 Å². The normalized spacial score (nSPS) is 10.6. The molecule has 25 nitrogen and oxygen atoms in total. The molecule has 119 heavy (non-hydrogen) atoms. The number of hydrogen-bond acceptors (Lipinski definition) is 21. The minimum Gasteiger partial charge on any atom is -0.384 e. The molecule has 610 valence electrons. The molecule has 12 aromatic rings. The molecule has 4 aromatic carbocycles. The van der Waals surface area contributed by atoms with Gasteiger partial charge in [0.1, 0.15) is 5.82 Å². The summed E-state index contributed by atoms with van der Waals surface area (Å²) in [5.74, 6) is 0.182. The minimum atomic E-state index is -0.898. The fourth-order valence-corrected chi connectivity index (χ4v) is 11.9. The smallest absolute Gasteiger partial charge is 0.226 e. The second-order valence-electron chi connectivity index (χ2n) is 27.5. The molecule has 0 unspecified atom stereocenters. The monoisotopic (exact) mass is 1610 g/mol. The quantitative estimate of drug-likeness (QED) is 0.0351. The number of ketones is 4. The fourth-order valence-electron chi connectivity index (χ4n) is 11.9. The number of benzene rings is 4. The summed E-state index contributed by atoms with van der Waals surface area (Å²) in [6.45, 7) is 12.9. The van der Waals surface area contributed by atoms with Crippen molar-refractivity contribution in [2.45, 2.75) is 126 Å². The van der Waals surface area contributed by atoms with Crippen LogP contribution in [0, 0.1) is 38.6 Å². The Labute approximate surface area is 688 Å². The van der Waals surface area contributed by atoms with Crippen LogP contribution in [0.3, 0.4) is 0 Å². The van der Waals surface area contributed by atoms with Crippen molar-refractivity contribution in [2.75, 3.05) is 53.5 Å². The van der Waals surface area contributed by atoms with Crippen LogP contribution in [0.2, 0.25) is 0 Å². The molecule has 2 N–H and O–H groups in total. The number of hydrogen-bond donors (Lipinski definition) is 1. The van der Waals surface area contributed by atoms with Gasteiger partial charge in [-0.25, -0.2) is 49.8 Å². The van der Waals surface area contributed by atoms with Gasteiger partial charge in [-0.1, -0.05) is 143 Å². The van der Waals surface area contributed by atoms with E-state index in [-0.39, 0.29) is 65.2 Å². The summed E-state index contributed by atoms with van der Waals surface area (Å²) in [6, 6.07) is 41.3. The van der Waals surface area contributed by atoms with Gasteiger partial charge in [-0.2, -0.15) is 18.2 Å². The van der Waals surface area contributed by atoms with Crippen molar-refractivity contribution in [3.8, 4) is 45.6 Å². The van der Waals surface area contributed by atoms with Gasteiger partial charge in [0.05, 0.1) is 72.3 Å². The topological polar surface area (TPSA) is 330 Å². The van der Waals surface area contributed by atoms with Gasteiger partial charge in [0.15, 0.2) is 46.4 Å². The summed E-state index contributed by atoms with van der Waals surface area (Å²) in [4.78, 5) is 153. The Morgan fingerprint density at radius 1 is 0.311 bits per heavy atom. The Morgan fingerprint density at radius 2 is 0.588 bits per heavy atom. The predicted molar refractivity (Wildman–Crippen MR) is 451 cm³/mol. The Kier molecular flexibility index (Phi) is 32.2. The minimum absolute atomic E-state index is 0.000956. The molecule has 0 spiro atoms. The van der Waals surface area contributed by atoms with Crippen molar-refractivity contribution in [3.05, 3.63) is 281 Å². The van der Waals surface area contributed by atoms with Crippen LogP contribution in [0.4, 0.5) is 41.7 Å². The number of rotatable bonds is 28. The van der Waals surface area contributed by atoms with Crippen LogP contribution in [-0.4, -0.2) is 135 Å². The zero-order valence-electron chi connectivity index (χ0n) is 68.2. The molecule has 0 saturated heterocycles. The van der Waals surface area contributed by atoms with Crippen LogP contribution in [0.5, 0.6) is 0 Å². The van der Waals surface area contributed by atoms with Gasteiger partial charge in [-0.05, 0) is 93.5 Å². The van der Waals surface area contributed by atoms with E-state index in [1.54, 1.807) is 178 Å². The zero-order valence-corrected chi connectivity index (χ0v) is 68.2. The summed E-state index contributed by atoms with van der Waals surface area (Å²) in [5.41, 5.74) is 19.3. The number of carbonyl (C=O) groups is 8. The highest BCUT2D eigenvalue weighted by atomic mass is 19.1. The number of amides is 4. The predicted octanol–water partition coefficient (Wildman–Crippen LogP) is 15.8. The lowest BCUT2D eigenvalue weighted by atomic mass is 10.0. The summed E-state index contributed by atoms with van der Waals surface area (Å²) < 4.78 is 39.5. The van der Waals surface area contributed by atoms with E-state index in [4.69, 9.17) is 5.73 Å². The van der Waals surface area contributed by atoms with Crippen molar-refractivity contribution < 1.29 is 51.5 Å². The van der Waals surface area contributed by atoms with E-state index in [1.165, 1.54) is 31.7 Å². The largest absolute Gasteiger partial charge is 0.384 e. The number of Topliss-reactive ketones (excluding diaryl/α,β-unsaturated/α-hetero) is 4. The highest BCUT2D eigenvalue weighted by Crippen LogP contribution is 2.26. The molecule has 8 aromatic heterocycles. The van der Waals surface area contributed by atoms with Crippen LogP contribution in [0.25, 0.3) is 45.6 Å². The number of carbonyl (C=O) groups excluding carboxylic acids is 8. The maximum Gasteiger partial charge on any atom is 0.226 e. The number of nitrogens with zero attached hydrogens (tertiary/aromatic N) is 16. The van der Waals surface area contributed by atoms with Gasteiger partial charge in [-0.15, -0.1) is 0 Å². The molecule has 0 saturated carbocycles. The first-order valence-electron chi connectivity index (χ1n) is 38.6. The van der Waals surface area contributed by atoms with E-state index in [0.29, 0.717) is 144 Å². The third-order valence-corrected chi connectivity index (χ3v) is 19.4. The van der Waals surface area contributed by atoms with E-state index in [1.807, 2.05) is 82.3 Å². The Bertz CT molecular complexity index is 5090. The lowest BCUT2D eigenvalue weighted by Gasteiger charge is -2.15. The van der Waals surface area contributed by atoms with Crippen molar-refractivity contribution >= 4 is 75.3 Å². The second kappa shape index (κ2) is 43.1. The van der Waals surface area contributed by atoms with E-state index >= 15 is 0 Å². The number of nitrogen functional groups attached to an aromatic ring is 1. The van der Waals surface area contributed by atoms with Crippen molar-refractivity contribution in [3.63, 3.8) is 0 Å². The van der Waals surface area contributed by atoms with Crippen LogP contribution in [0.1, 0.15) is 160 Å². The van der Waals surface area contributed by atoms with Crippen molar-refractivity contribution in [1.29, 1.82) is 0 Å². The van der Waals surface area contributed by atoms with E-state index in [0.717, 1.165) is 56.4 Å². The molecular formula is C91H92F3N17O8. The van der Waals surface area contributed by atoms with Crippen LogP contribution < -0.4 is 25.3 Å². The standard InChI is InChI=1S/C24H26N4O2.C23H23FN4O2.C22H20F2N4O2.C22H23N5O2/c1-5-23(30)28(4)21-14-25-24(26-15-21)20-10-8-19(9-11-20)22(29)13-12-18-7-6-16(2)27-17(18)3;1-4-22(30)28(3)19-13-25-23(26-14-19)18-7-5-17(6-8-18)20(29)11-9-16-10-12-21(24)27-15(16)2;1-3-20(30)28(2)17-12-25-22(26-13-17)16-6-4-14(5-7-16)18(29)10-8-15-9-11-19(23)27-21(15)24;1-3-21(29)27(2)18-13-25-22(26-14-18)17-8-6-16(7-9-17)19(28)10-4-15-5-11-20(23)24-12-15/h6-11,14-15H,5,12-13H2,1-4H3;5-8,10,12-14H,4,9,11H2,1-3H3;4-7,9,11-13H,3,8,10H2,1-2H3;5-9,11-14H,3-4,10H2,1-2H3,(H2,23,24). The molecule has 0 radical (unpaired) electrons. The first-order chi connectivity index (χ1) is 57.1. The lowest BCUT2D eigenvalue weighted by Crippen LogP contribution is -2.25. The maximum absolute atomic E-state index is 13.6. The van der Waals surface area contributed by atoms with Crippen LogP contribution in [-0.2, 0) is 44.9 Å². The first kappa shape index (κ1) is 88.9. The summed E-state index contributed by atoms with van der Waals surface area (Å²) in [6.07, 6.45) is 19.3. The molecule has 12 rings (SSSR count). The van der Waals surface area contributed by atoms with Crippen LogP contribution in [0.15, 0.2) is 201 Å². The van der Waals surface area contributed by atoms with E-state index in [9.17, 15) is 51.5 Å². The average Bonchev–Trinajstić information content (AvgIpc) is 0.835. The lowest BCUT2D eigenvalue weighted by molar-refractivity contribution is -0.118.